The topological polar surface area (TPSA) is 75.6 Å². The Hall–Kier alpha value is -2.96. The molecule has 0 fully saturated rings. The fourth-order valence-corrected chi connectivity index (χ4v) is 2.25. The molecule has 0 radical (unpaired) electrons. The summed E-state index contributed by atoms with van der Waals surface area (Å²) in [4.78, 5) is 23.8. The highest BCUT2D eigenvalue weighted by atomic mass is 19.1. The number of hydrogen-bond acceptors (Lipinski definition) is 4. The van der Waals surface area contributed by atoms with Gasteiger partial charge >= 0.3 is 5.97 Å². The summed E-state index contributed by atoms with van der Waals surface area (Å²) in [5.74, 6) is -3.22. The molecule has 0 heterocycles. The SMILES string of the molecule is Cc1cccc(C(=O)OCC(=O)N[C@H](C)c2ccc(F)cc2F)c1O. The molecular weight excluding hydrogens is 332 g/mol. The minimum Gasteiger partial charge on any atom is -0.507 e. The zero-order chi connectivity index (χ0) is 18.6. The number of rotatable bonds is 5. The van der Waals surface area contributed by atoms with Crippen molar-refractivity contribution in [1.29, 1.82) is 0 Å². The van der Waals surface area contributed by atoms with E-state index < -0.39 is 36.2 Å². The van der Waals surface area contributed by atoms with Crippen molar-refractivity contribution in [3.8, 4) is 5.75 Å². The number of esters is 1. The van der Waals surface area contributed by atoms with Gasteiger partial charge < -0.3 is 15.2 Å². The first kappa shape index (κ1) is 18.4. The maximum absolute atomic E-state index is 13.7. The number of phenolic OH excluding ortho intramolecular Hbond substituents is 1. The Morgan fingerprint density at radius 2 is 1.96 bits per heavy atom. The van der Waals surface area contributed by atoms with Crippen molar-refractivity contribution in [3.05, 3.63) is 64.7 Å². The first-order valence-corrected chi connectivity index (χ1v) is 7.49. The second kappa shape index (κ2) is 7.74. The lowest BCUT2D eigenvalue weighted by atomic mass is 10.1. The molecule has 2 rings (SSSR count). The van der Waals surface area contributed by atoms with Crippen molar-refractivity contribution in [3.63, 3.8) is 0 Å². The summed E-state index contributed by atoms with van der Waals surface area (Å²) in [6, 6.07) is 6.87. The van der Waals surface area contributed by atoms with Crippen LogP contribution in [0.3, 0.4) is 0 Å². The number of amides is 1. The van der Waals surface area contributed by atoms with Gasteiger partial charge in [0, 0.05) is 11.6 Å². The molecule has 0 aliphatic carbocycles. The van der Waals surface area contributed by atoms with Crippen LogP contribution in [0, 0.1) is 18.6 Å². The number of carbonyl (C=O) groups excluding carboxylic acids is 2. The van der Waals surface area contributed by atoms with E-state index in [4.69, 9.17) is 4.74 Å². The Kier molecular flexibility index (Phi) is 5.69. The number of carbonyl (C=O) groups is 2. The van der Waals surface area contributed by atoms with Gasteiger partial charge in [0.25, 0.3) is 5.91 Å². The number of hydrogen-bond donors (Lipinski definition) is 2. The number of aryl methyl sites for hydroxylation is 1. The predicted octanol–water partition coefficient (Wildman–Crippen LogP) is 3.01. The molecular formula is C18H17F2NO4. The maximum atomic E-state index is 13.7. The van der Waals surface area contributed by atoms with Crippen LogP contribution >= 0.6 is 0 Å². The lowest BCUT2D eigenvalue weighted by Crippen LogP contribution is -2.31. The van der Waals surface area contributed by atoms with E-state index in [0.29, 0.717) is 5.56 Å². The van der Waals surface area contributed by atoms with E-state index in [0.717, 1.165) is 12.1 Å². The second-order valence-corrected chi connectivity index (χ2v) is 5.50. The Labute approximate surface area is 143 Å². The van der Waals surface area contributed by atoms with Crippen LogP contribution in [-0.4, -0.2) is 23.6 Å². The van der Waals surface area contributed by atoms with E-state index in [1.807, 2.05) is 0 Å². The molecule has 0 saturated carbocycles. The van der Waals surface area contributed by atoms with Crippen molar-refractivity contribution in [1.82, 2.24) is 5.32 Å². The molecule has 0 saturated heterocycles. The number of benzene rings is 2. The molecule has 132 valence electrons. The molecule has 0 aliphatic heterocycles. The largest absolute Gasteiger partial charge is 0.507 e. The van der Waals surface area contributed by atoms with Gasteiger partial charge in [-0.2, -0.15) is 0 Å². The molecule has 0 aromatic heterocycles. The van der Waals surface area contributed by atoms with Gasteiger partial charge in [-0.15, -0.1) is 0 Å². The van der Waals surface area contributed by atoms with Crippen LogP contribution in [0.2, 0.25) is 0 Å². The highest BCUT2D eigenvalue weighted by Crippen LogP contribution is 2.22. The Balaban J connectivity index is 1.94. The Bertz CT molecular complexity index is 808. The van der Waals surface area contributed by atoms with Gasteiger partial charge in [-0.1, -0.05) is 18.2 Å². The minimum atomic E-state index is -0.850. The van der Waals surface area contributed by atoms with Crippen molar-refractivity contribution >= 4 is 11.9 Å². The maximum Gasteiger partial charge on any atom is 0.342 e. The fourth-order valence-electron chi connectivity index (χ4n) is 2.25. The van der Waals surface area contributed by atoms with Gasteiger partial charge in [0.05, 0.1) is 6.04 Å². The van der Waals surface area contributed by atoms with Crippen LogP contribution < -0.4 is 5.32 Å². The molecule has 0 bridgehead atoms. The van der Waals surface area contributed by atoms with Crippen LogP contribution in [0.1, 0.15) is 34.5 Å². The number of para-hydroxylation sites is 1. The first-order chi connectivity index (χ1) is 11.8. The van der Waals surface area contributed by atoms with E-state index in [-0.39, 0.29) is 16.9 Å². The lowest BCUT2D eigenvalue weighted by Gasteiger charge is -2.15. The number of nitrogens with one attached hydrogen (secondary N) is 1. The summed E-state index contributed by atoms with van der Waals surface area (Å²) < 4.78 is 31.4. The molecule has 0 aliphatic rings. The average molecular weight is 349 g/mol. The standard InChI is InChI=1S/C18H17F2NO4/c1-10-4-3-5-14(17(10)23)18(24)25-9-16(22)21-11(2)13-7-6-12(19)8-15(13)20/h3-8,11,23H,9H2,1-2H3,(H,21,22)/t11-/m1/s1. The van der Waals surface area contributed by atoms with E-state index in [1.165, 1.54) is 19.1 Å². The molecule has 0 spiro atoms. The van der Waals surface area contributed by atoms with Gasteiger partial charge in [0.1, 0.15) is 22.9 Å². The molecule has 1 atom stereocenters. The molecule has 7 heteroatoms. The minimum absolute atomic E-state index is 0.0505. The van der Waals surface area contributed by atoms with Crippen LogP contribution in [0.5, 0.6) is 5.75 Å². The van der Waals surface area contributed by atoms with Crippen molar-refractivity contribution in [2.24, 2.45) is 0 Å². The number of aromatic hydroxyl groups is 1. The smallest absolute Gasteiger partial charge is 0.342 e. The van der Waals surface area contributed by atoms with Crippen molar-refractivity contribution in [2.75, 3.05) is 6.61 Å². The van der Waals surface area contributed by atoms with Crippen LogP contribution in [0.25, 0.3) is 0 Å². The Morgan fingerprint density at radius 3 is 2.64 bits per heavy atom. The molecule has 25 heavy (non-hydrogen) atoms. The summed E-state index contributed by atoms with van der Waals surface area (Å²) in [5.41, 5.74) is 0.558. The second-order valence-electron chi connectivity index (χ2n) is 5.50. The summed E-state index contributed by atoms with van der Waals surface area (Å²) in [6.45, 7) is 2.54. The summed E-state index contributed by atoms with van der Waals surface area (Å²) in [5, 5.41) is 12.3. The predicted molar refractivity (Wildman–Crippen MR) is 86.0 cm³/mol. The molecule has 1 amide bonds. The molecule has 2 N–H and O–H groups in total. The quantitative estimate of drug-likeness (QED) is 0.814. The highest BCUT2D eigenvalue weighted by molar-refractivity contribution is 5.94. The van der Waals surface area contributed by atoms with E-state index in [1.54, 1.807) is 19.1 Å². The van der Waals surface area contributed by atoms with E-state index >= 15 is 0 Å². The van der Waals surface area contributed by atoms with Crippen LogP contribution in [-0.2, 0) is 9.53 Å². The lowest BCUT2D eigenvalue weighted by molar-refractivity contribution is -0.124. The third kappa shape index (κ3) is 4.53. The van der Waals surface area contributed by atoms with E-state index in [2.05, 4.69) is 5.32 Å². The van der Waals surface area contributed by atoms with Gasteiger partial charge in [0.15, 0.2) is 6.61 Å². The number of ether oxygens (including phenoxy) is 1. The summed E-state index contributed by atoms with van der Waals surface area (Å²) >= 11 is 0. The van der Waals surface area contributed by atoms with Gasteiger partial charge in [-0.05, 0) is 31.5 Å². The highest BCUT2D eigenvalue weighted by Gasteiger charge is 2.18. The Morgan fingerprint density at radius 1 is 1.24 bits per heavy atom. The zero-order valence-corrected chi connectivity index (χ0v) is 13.7. The van der Waals surface area contributed by atoms with Crippen molar-refractivity contribution in [2.45, 2.75) is 19.9 Å². The normalized spacial score (nSPS) is 11.7. The van der Waals surface area contributed by atoms with E-state index in [9.17, 15) is 23.5 Å². The van der Waals surface area contributed by atoms with Crippen LogP contribution in [0.4, 0.5) is 8.78 Å². The average Bonchev–Trinajstić information content (AvgIpc) is 2.55. The fraction of sp³-hybridized carbons (Fsp3) is 0.222. The van der Waals surface area contributed by atoms with Gasteiger partial charge in [-0.25, -0.2) is 13.6 Å². The first-order valence-electron chi connectivity index (χ1n) is 7.49. The van der Waals surface area contributed by atoms with Crippen molar-refractivity contribution < 1.29 is 28.2 Å². The van der Waals surface area contributed by atoms with Gasteiger partial charge in [0.2, 0.25) is 0 Å². The zero-order valence-electron chi connectivity index (χ0n) is 13.7. The summed E-state index contributed by atoms with van der Waals surface area (Å²) in [6.07, 6.45) is 0. The molecule has 2 aromatic carbocycles. The molecule has 5 nitrogen and oxygen atoms in total. The third-order valence-electron chi connectivity index (χ3n) is 3.60. The van der Waals surface area contributed by atoms with Crippen LogP contribution in [0.15, 0.2) is 36.4 Å². The number of halogens is 2. The number of phenols is 1. The third-order valence-corrected chi connectivity index (χ3v) is 3.60. The summed E-state index contributed by atoms with van der Waals surface area (Å²) in [7, 11) is 0. The molecule has 2 aromatic rings. The van der Waals surface area contributed by atoms with Gasteiger partial charge in [-0.3, -0.25) is 4.79 Å². The molecule has 0 unspecified atom stereocenters. The monoisotopic (exact) mass is 349 g/mol.